The lowest BCUT2D eigenvalue weighted by Crippen LogP contribution is -2.53. The quantitative estimate of drug-likeness (QED) is 0.816. The second-order valence-electron chi connectivity index (χ2n) is 6.61. The third-order valence-electron chi connectivity index (χ3n) is 5.17. The first-order valence-corrected chi connectivity index (χ1v) is 7.88. The first-order valence-electron chi connectivity index (χ1n) is 7.88. The molecule has 0 aromatic carbocycles. The molecule has 0 aromatic rings. The highest BCUT2D eigenvalue weighted by atomic mass is 16.4. The summed E-state index contributed by atoms with van der Waals surface area (Å²) in [6.07, 6.45) is 7.34. The van der Waals surface area contributed by atoms with Crippen LogP contribution in [0.5, 0.6) is 0 Å². The molecule has 1 aliphatic heterocycles. The van der Waals surface area contributed by atoms with Crippen LogP contribution >= 0.6 is 0 Å². The van der Waals surface area contributed by atoms with Crippen molar-refractivity contribution in [1.29, 1.82) is 0 Å². The van der Waals surface area contributed by atoms with Gasteiger partial charge in [0.1, 0.15) is 6.04 Å². The molecule has 4 atom stereocenters. The molecule has 2 N–H and O–H groups in total. The number of carbonyl (C=O) groups is 2. The van der Waals surface area contributed by atoms with Crippen molar-refractivity contribution >= 4 is 11.9 Å². The Hall–Kier alpha value is -1.10. The fourth-order valence-corrected chi connectivity index (χ4v) is 3.97. The monoisotopic (exact) mass is 280 g/mol. The van der Waals surface area contributed by atoms with Crippen molar-refractivity contribution in [2.24, 2.45) is 5.92 Å². The number of carboxylic acids is 1. The van der Waals surface area contributed by atoms with Gasteiger partial charge in [-0.2, -0.15) is 0 Å². The van der Waals surface area contributed by atoms with Gasteiger partial charge in [0, 0.05) is 12.1 Å². The minimum atomic E-state index is -0.773. The largest absolute Gasteiger partial charge is 0.480 e. The molecule has 112 valence electrons. The molecule has 5 nitrogen and oxygen atoms in total. The lowest BCUT2D eigenvalue weighted by molar-refractivity contribution is -0.144. The van der Waals surface area contributed by atoms with E-state index in [1.807, 2.05) is 11.8 Å². The van der Waals surface area contributed by atoms with Crippen molar-refractivity contribution in [3.63, 3.8) is 0 Å². The molecule has 3 aliphatic rings. The molecule has 1 heterocycles. The van der Waals surface area contributed by atoms with Gasteiger partial charge in [0.2, 0.25) is 5.91 Å². The van der Waals surface area contributed by atoms with E-state index in [0.29, 0.717) is 18.4 Å². The van der Waals surface area contributed by atoms with E-state index >= 15 is 0 Å². The lowest BCUT2D eigenvalue weighted by Gasteiger charge is -2.36. The Morgan fingerprint density at radius 1 is 1.20 bits per heavy atom. The molecule has 0 aromatic heterocycles. The summed E-state index contributed by atoms with van der Waals surface area (Å²) in [5.41, 5.74) is 0. The van der Waals surface area contributed by atoms with E-state index in [1.54, 1.807) is 0 Å². The molecule has 2 saturated carbocycles. The van der Waals surface area contributed by atoms with Gasteiger partial charge in [0.05, 0.1) is 6.04 Å². The second-order valence-corrected chi connectivity index (χ2v) is 6.61. The van der Waals surface area contributed by atoms with Gasteiger partial charge >= 0.3 is 5.97 Å². The van der Waals surface area contributed by atoms with E-state index in [4.69, 9.17) is 0 Å². The zero-order valence-corrected chi connectivity index (χ0v) is 12.0. The minimum Gasteiger partial charge on any atom is -0.480 e. The van der Waals surface area contributed by atoms with Gasteiger partial charge < -0.3 is 10.4 Å². The number of amides is 1. The van der Waals surface area contributed by atoms with Crippen LogP contribution < -0.4 is 5.32 Å². The zero-order valence-electron chi connectivity index (χ0n) is 12.0. The number of rotatable bonds is 4. The van der Waals surface area contributed by atoms with Crippen LogP contribution in [0.3, 0.4) is 0 Å². The topological polar surface area (TPSA) is 69.6 Å². The number of nitrogens with zero attached hydrogens (tertiary/aromatic N) is 1. The zero-order chi connectivity index (χ0) is 14.3. The summed E-state index contributed by atoms with van der Waals surface area (Å²) >= 11 is 0. The van der Waals surface area contributed by atoms with Crippen molar-refractivity contribution < 1.29 is 14.7 Å². The molecule has 3 fully saturated rings. The number of nitrogens with one attached hydrogen (secondary N) is 1. The molecule has 5 heteroatoms. The average Bonchev–Trinajstić information content (AvgIpc) is 3.15. The summed E-state index contributed by atoms with van der Waals surface area (Å²) in [5, 5.41) is 12.5. The van der Waals surface area contributed by atoms with Crippen LogP contribution in [0.2, 0.25) is 0 Å². The highest BCUT2D eigenvalue weighted by Crippen LogP contribution is 2.41. The summed E-state index contributed by atoms with van der Waals surface area (Å²) in [6.45, 7) is 1.87. The van der Waals surface area contributed by atoms with E-state index in [2.05, 4.69) is 5.32 Å². The number of fused-ring (bicyclic) bond motifs is 1. The fourth-order valence-electron chi connectivity index (χ4n) is 3.97. The van der Waals surface area contributed by atoms with Crippen LogP contribution in [0.15, 0.2) is 0 Å². The highest BCUT2D eigenvalue weighted by molar-refractivity contribution is 5.83. The molecule has 20 heavy (non-hydrogen) atoms. The molecule has 0 bridgehead atoms. The Bertz CT molecular complexity index is 408. The molecular weight excluding hydrogens is 256 g/mol. The van der Waals surface area contributed by atoms with Crippen LogP contribution in [0, 0.1) is 5.92 Å². The summed E-state index contributed by atoms with van der Waals surface area (Å²) in [6, 6.07) is -0.198. The van der Waals surface area contributed by atoms with Crippen molar-refractivity contribution in [2.75, 3.05) is 0 Å². The highest BCUT2D eigenvalue weighted by Gasteiger charge is 2.48. The summed E-state index contributed by atoms with van der Waals surface area (Å²) in [7, 11) is 0. The Balaban J connectivity index is 1.75. The van der Waals surface area contributed by atoms with Gasteiger partial charge in [-0.05, 0) is 44.9 Å². The first kappa shape index (κ1) is 13.9. The number of hydrogen-bond donors (Lipinski definition) is 2. The summed E-state index contributed by atoms with van der Waals surface area (Å²) < 4.78 is 0. The molecule has 1 saturated heterocycles. The summed E-state index contributed by atoms with van der Waals surface area (Å²) in [4.78, 5) is 25.8. The van der Waals surface area contributed by atoms with Crippen LogP contribution in [0.25, 0.3) is 0 Å². The third-order valence-corrected chi connectivity index (χ3v) is 5.17. The van der Waals surface area contributed by atoms with Gasteiger partial charge in [0.25, 0.3) is 0 Å². The van der Waals surface area contributed by atoms with Crippen molar-refractivity contribution in [2.45, 2.75) is 76.0 Å². The van der Waals surface area contributed by atoms with E-state index in [9.17, 15) is 14.7 Å². The average molecular weight is 280 g/mol. The van der Waals surface area contributed by atoms with E-state index in [-0.39, 0.29) is 18.0 Å². The molecule has 0 radical (unpaired) electrons. The fraction of sp³-hybridized carbons (Fsp3) is 0.867. The number of carboxylic acid groups (broad SMARTS) is 1. The Morgan fingerprint density at radius 2 is 1.90 bits per heavy atom. The molecule has 3 rings (SSSR count). The van der Waals surface area contributed by atoms with Crippen molar-refractivity contribution in [3.8, 4) is 0 Å². The molecule has 4 unspecified atom stereocenters. The van der Waals surface area contributed by atoms with Crippen molar-refractivity contribution in [1.82, 2.24) is 10.2 Å². The summed E-state index contributed by atoms with van der Waals surface area (Å²) in [5.74, 6) is -0.309. The van der Waals surface area contributed by atoms with Gasteiger partial charge in [-0.3, -0.25) is 14.5 Å². The van der Waals surface area contributed by atoms with Crippen LogP contribution in [0.4, 0.5) is 0 Å². The van der Waals surface area contributed by atoms with Gasteiger partial charge in [-0.1, -0.05) is 12.8 Å². The molecule has 0 spiro atoms. The predicted molar refractivity (Wildman–Crippen MR) is 74.3 cm³/mol. The van der Waals surface area contributed by atoms with E-state index < -0.39 is 12.0 Å². The molecule has 1 amide bonds. The van der Waals surface area contributed by atoms with Gasteiger partial charge in [-0.15, -0.1) is 0 Å². The number of aliphatic carboxylic acids is 1. The van der Waals surface area contributed by atoms with Gasteiger partial charge in [0.15, 0.2) is 0 Å². The maximum absolute atomic E-state index is 12.3. The Kier molecular flexibility index (Phi) is 3.71. The lowest BCUT2D eigenvalue weighted by atomic mass is 9.84. The maximum Gasteiger partial charge on any atom is 0.320 e. The smallest absolute Gasteiger partial charge is 0.320 e. The van der Waals surface area contributed by atoms with E-state index in [1.165, 1.54) is 6.42 Å². The predicted octanol–water partition coefficient (Wildman–Crippen LogP) is 1.37. The second kappa shape index (κ2) is 5.35. The number of likely N-dealkylation sites (tertiary alicyclic amines) is 1. The number of hydrogen-bond acceptors (Lipinski definition) is 3. The first-order chi connectivity index (χ1) is 9.58. The van der Waals surface area contributed by atoms with E-state index in [0.717, 1.165) is 32.1 Å². The standard InChI is InChI=1S/C15H24N2O3/c1-9(14(18)16-11-6-7-11)17-12-5-3-2-4-10(12)8-13(17)15(19)20/h9-13H,2-8H2,1H3,(H,16,18)(H,19,20). The Morgan fingerprint density at radius 3 is 2.55 bits per heavy atom. The van der Waals surface area contributed by atoms with Crippen LogP contribution in [0.1, 0.15) is 51.9 Å². The van der Waals surface area contributed by atoms with Crippen LogP contribution in [-0.2, 0) is 9.59 Å². The molecular formula is C15H24N2O3. The minimum absolute atomic E-state index is 0.00461. The number of carbonyl (C=O) groups excluding carboxylic acids is 1. The van der Waals surface area contributed by atoms with Crippen molar-refractivity contribution in [3.05, 3.63) is 0 Å². The maximum atomic E-state index is 12.3. The van der Waals surface area contributed by atoms with Gasteiger partial charge in [-0.25, -0.2) is 0 Å². The SMILES string of the molecule is CC(C(=O)NC1CC1)N1C(C(=O)O)CC2CCCCC21. The third kappa shape index (κ3) is 2.55. The Labute approximate surface area is 119 Å². The van der Waals surface area contributed by atoms with Crippen LogP contribution in [-0.4, -0.2) is 46.1 Å². The molecule has 2 aliphatic carbocycles. The normalized spacial score (nSPS) is 35.4.